The van der Waals surface area contributed by atoms with Crippen LogP contribution in [0.2, 0.25) is 0 Å². The Morgan fingerprint density at radius 1 is 1.07 bits per heavy atom. The summed E-state index contributed by atoms with van der Waals surface area (Å²) < 4.78 is 28.8. The van der Waals surface area contributed by atoms with Gasteiger partial charge in [0.1, 0.15) is 5.75 Å². The number of amides is 1. The summed E-state index contributed by atoms with van der Waals surface area (Å²) >= 11 is 0. The molecule has 2 aromatic rings. The molecular formula is C21H26F2N4O2. The largest absolute Gasteiger partial charge is 0.435 e. The van der Waals surface area contributed by atoms with E-state index in [0.29, 0.717) is 32.0 Å². The molecule has 0 aliphatic rings. The van der Waals surface area contributed by atoms with Gasteiger partial charge in [-0.05, 0) is 23.3 Å². The maximum absolute atomic E-state index is 12.2. The van der Waals surface area contributed by atoms with Crippen molar-refractivity contribution in [3.8, 4) is 5.75 Å². The van der Waals surface area contributed by atoms with Crippen LogP contribution >= 0.6 is 0 Å². The molecule has 0 heterocycles. The van der Waals surface area contributed by atoms with Crippen LogP contribution in [0.15, 0.2) is 59.6 Å². The SMILES string of the molecule is CN=C(NCCC(=O)NCc1ccccc1)N(C)Cc1ccc(OC(F)F)cc1. The number of nitrogens with zero attached hydrogens (tertiary/aromatic N) is 2. The van der Waals surface area contributed by atoms with Gasteiger partial charge in [-0.3, -0.25) is 9.79 Å². The lowest BCUT2D eigenvalue weighted by atomic mass is 10.2. The van der Waals surface area contributed by atoms with Gasteiger partial charge in [-0.2, -0.15) is 8.78 Å². The van der Waals surface area contributed by atoms with Crippen molar-refractivity contribution in [3.05, 3.63) is 65.7 Å². The molecule has 29 heavy (non-hydrogen) atoms. The number of halogens is 2. The van der Waals surface area contributed by atoms with E-state index in [0.717, 1.165) is 11.1 Å². The van der Waals surface area contributed by atoms with Gasteiger partial charge in [-0.15, -0.1) is 0 Å². The molecule has 0 aliphatic carbocycles. The molecule has 0 atom stereocenters. The molecule has 0 unspecified atom stereocenters. The lowest BCUT2D eigenvalue weighted by Crippen LogP contribution is -2.40. The summed E-state index contributed by atoms with van der Waals surface area (Å²) in [6, 6.07) is 16.2. The van der Waals surface area contributed by atoms with Crippen LogP contribution in [0.1, 0.15) is 17.5 Å². The maximum Gasteiger partial charge on any atom is 0.387 e. The van der Waals surface area contributed by atoms with E-state index in [4.69, 9.17) is 0 Å². The van der Waals surface area contributed by atoms with Gasteiger partial charge in [0.15, 0.2) is 5.96 Å². The van der Waals surface area contributed by atoms with Crippen molar-refractivity contribution >= 4 is 11.9 Å². The van der Waals surface area contributed by atoms with Crippen molar-refractivity contribution in [2.75, 3.05) is 20.6 Å². The number of carbonyl (C=O) groups excluding carboxylic acids is 1. The molecule has 0 saturated carbocycles. The smallest absolute Gasteiger partial charge is 0.387 e. The summed E-state index contributed by atoms with van der Waals surface area (Å²) in [7, 11) is 3.52. The monoisotopic (exact) mass is 404 g/mol. The lowest BCUT2D eigenvalue weighted by Gasteiger charge is -2.22. The Kier molecular flexibility index (Phi) is 8.88. The average Bonchev–Trinajstić information content (AvgIpc) is 2.71. The molecule has 0 bridgehead atoms. The topological polar surface area (TPSA) is 66.0 Å². The predicted molar refractivity (Wildman–Crippen MR) is 109 cm³/mol. The molecule has 0 saturated heterocycles. The first-order valence-electron chi connectivity index (χ1n) is 9.24. The third-order valence-corrected chi connectivity index (χ3v) is 4.11. The number of hydrogen-bond donors (Lipinski definition) is 2. The third-order valence-electron chi connectivity index (χ3n) is 4.11. The van der Waals surface area contributed by atoms with Crippen LogP contribution in [0.25, 0.3) is 0 Å². The summed E-state index contributed by atoms with van der Waals surface area (Å²) in [5, 5.41) is 6.03. The van der Waals surface area contributed by atoms with Gasteiger partial charge < -0.3 is 20.3 Å². The van der Waals surface area contributed by atoms with Crippen LogP contribution in [0.4, 0.5) is 8.78 Å². The number of rotatable bonds is 9. The zero-order valence-corrected chi connectivity index (χ0v) is 16.6. The van der Waals surface area contributed by atoms with Crippen LogP contribution < -0.4 is 15.4 Å². The van der Waals surface area contributed by atoms with Gasteiger partial charge in [0, 0.05) is 40.2 Å². The van der Waals surface area contributed by atoms with E-state index >= 15 is 0 Å². The fourth-order valence-electron chi connectivity index (χ4n) is 2.68. The number of ether oxygens (including phenoxy) is 1. The molecule has 0 radical (unpaired) electrons. The highest BCUT2D eigenvalue weighted by Gasteiger charge is 2.09. The summed E-state index contributed by atoms with van der Waals surface area (Å²) in [6.07, 6.45) is 0.319. The second kappa shape index (κ2) is 11.6. The van der Waals surface area contributed by atoms with Crippen molar-refractivity contribution in [3.63, 3.8) is 0 Å². The number of alkyl halides is 2. The summed E-state index contributed by atoms with van der Waals surface area (Å²) in [5.41, 5.74) is 1.96. The van der Waals surface area contributed by atoms with Crippen molar-refractivity contribution < 1.29 is 18.3 Å². The fourth-order valence-corrected chi connectivity index (χ4v) is 2.68. The molecule has 0 spiro atoms. The Balaban J connectivity index is 1.73. The Bertz CT molecular complexity index is 783. The van der Waals surface area contributed by atoms with E-state index in [-0.39, 0.29) is 11.7 Å². The molecular weight excluding hydrogens is 378 g/mol. The van der Waals surface area contributed by atoms with Gasteiger partial charge in [0.2, 0.25) is 5.91 Å². The van der Waals surface area contributed by atoms with Gasteiger partial charge in [0.05, 0.1) is 0 Å². The Morgan fingerprint density at radius 3 is 2.38 bits per heavy atom. The molecule has 2 rings (SSSR count). The van der Waals surface area contributed by atoms with E-state index in [1.807, 2.05) is 42.3 Å². The van der Waals surface area contributed by atoms with Gasteiger partial charge in [-0.1, -0.05) is 42.5 Å². The zero-order valence-electron chi connectivity index (χ0n) is 16.6. The van der Waals surface area contributed by atoms with E-state index in [2.05, 4.69) is 20.4 Å². The molecule has 0 aliphatic heterocycles. The van der Waals surface area contributed by atoms with Crippen molar-refractivity contribution in [2.45, 2.75) is 26.1 Å². The van der Waals surface area contributed by atoms with Crippen molar-refractivity contribution in [1.82, 2.24) is 15.5 Å². The van der Waals surface area contributed by atoms with Crippen molar-refractivity contribution in [2.24, 2.45) is 4.99 Å². The lowest BCUT2D eigenvalue weighted by molar-refractivity contribution is -0.121. The minimum absolute atomic E-state index is 0.0471. The first-order chi connectivity index (χ1) is 14.0. The van der Waals surface area contributed by atoms with E-state index in [1.165, 1.54) is 12.1 Å². The number of benzene rings is 2. The molecule has 0 aromatic heterocycles. The third kappa shape index (κ3) is 8.16. The van der Waals surface area contributed by atoms with Crippen LogP contribution in [-0.4, -0.2) is 44.0 Å². The fraction of sp³-hybridized carbons (Fsp3) is 0.333. The second-order valence-corrected chi connectivity index (χ2v) is 6.36. The highest BCUT2D eigenvalue weighted by Crippen LogP contribution is 2.15. The second-order valence-electron chi connectivity index (χ2n) is 6.36. The van der Waals surface area contributed by atoms with Crippen LogP contribution in [0, 0.1) is 0 Å². The number of aliphatic imine (C=N–C) groups is 1. The normalized spacial score (nSPS) is 11.3. The molecule has 1 amide bonds. The summed E-state index contributed by atoms with van der Waals surface area (Å²) in [5.74, 6) is 0.707. The first-order valence-corrected chi connectivity index (χ1v) is 9.24. The quantitative estimate of drug-likeness (QED) is 0.498. The van der Waals surface area contributed by atoms with Gasteiger partial charge >= 0.3 is 6.61 Å². The van der Waals surface area contributed by atoms with Crippen LogP contribution in [-0.2, 0) is 17.9 Å². The number of carbonyl (C=O) groups is 1. The van der Waals surface area contributed by atoms with Crippen molar-refractivity contribution in [1.29, 1.82) is 0 Å². The highest BCUT2D eigenvalue weighted by molar-refractivity contribution is 5.81. The maximum atomic E-state index is 12.2. The van der Waals surface area contributed by atoms with E-state index < -0.39 is 6.61 Å². The number of hydrogen-bond acceptors (Lipinski definition) is 3. The molecule has 0 fully saturated rings. The standard InChI is InChI=1S/C21H26F2N4O2/c1-24-21(25-13-12-19(28)26-14-16-6-4-3-5-7-16)27(2)15-17-8-10-18(11-9-17)29-20(22)23/h3-11,20H,12-15H2,1-2H3,(H,24,25)(H,26,28). The molecule has 8 heteroatoms. The zero-order chi connectivity index (χ0) is 21.1. The Morgan fingerprint density at radius 2 is 1.76 bits per heavy atom. The van der Waals surface area contributed by atoms with E-state index in [1.54, 1.807) is 19.2 Å². The first kappa shape index (κ1) is 22.1. The summed E-state index contributed by atoms with van der Waals surface area (Å²) in [6.45, 7) is -1.37. The average molecular weight is 404 g/mol. The van der Waals surface area contributed by atoms with Gasteiger partial charge in [0.25, 0.3) is 0 Å². The Labute approximate surface area is 169 Å². The minimum Gasteiger partial charge on any atom is -0.435 e. The highest BCUT2D eigenvalue weighted by atomic mass is 19.3. The molecule has 2 aromatic carbocycles. The minimum atomic E-state index is -2.84. The summed E-state index contributed by atoms with van der Waals surface area (Å²) in [4.78, 5) is 18.1. The van der Waals surface area contributed by atoms with Gasteiger partial charge in [-0.25, -0.2) is 0 Å². The van der Waals surface area contributed by atoms with Crippen LogP contribution in [0.3, 0.4) is 0 Å². The number of guanidine groups is 1. The predicted octanol–water partition coefficient (Wildman–Crippen LogP) is 3.00. The molecule has 156 valence electrons. The molecule has 2 N–H and O–H groups in total. The number of nitrogens with one attached hydrogen (secondary N) is 2. The van der Waals surface area contributed by atoms with Crippen LogP contribution in [0.5, 0.6) is 5.75 Å². The Hall–Kier alpha value is -3.16. The molecule has 6 nitrogen and oxygen atoms in total. The van der Waals surface area contributed by atoms with E-state index in [9.17, 15) is 13.6 Å².